The van der Waals surface area contributed by atoms with E-state index in [1.54, 1.807) is 12.1 Å². The molecule has 1 spiro atoms. The molecule has 0 bridgehead atoms. The highest BCUT2D eigenvalue weighted by Crippen LogP contribution is 2.37. The van der Waals surface area contributed by atoms with Crippen molar-refractivity contribution in [1.29, 1.82) is 0 Å². The number of nitrogens with zero attached hydrogens (tertiary/aromatic N) is 1. The van der Waals surface area contributed by atoms with Crippen LogP contribution in [0.15, 0.2) is 18.2 Å². The van der Waals surface area contributed by atoms with Crippen LogP contribution in [0.2, 0.25) is 0 Å². The maximum atomic E-state index is 10.9. The molecule has 1 aliphatic carbocycles. The summed E-state index contributed by atoms with van der Waals surface area (Å²) in [5.74, 6) is 0.502. The van der Waals surface area contributed by atoms with Gasteiger partial charge < -0.3 is 5.32 Å². The van der Waals surface area contributed by atoms with E-state index in [2.05, 4.69) is 12.2 Å². The molecule has 0 radical (unpaired) electrons. The zero-order valence-corrected chi connectivity index (χ0v) is 12.1. The first-order valence-electron chi connectivity index (χ1n) is 7.71. The molecule has 0 unspecified atom stereocenters. The Morgan fingerprint density at radius 2 is 2.05 bits per heavy atom. The number of quaternary nitrogens is 1. The average Bonchev–Trinajstić information content (AvgIpc) is 2.57. The van der Waals surface area contributed by atoms with E-state index in [1.165, 1.54) is 44.1 Å². The number of nitro groups is 1. The fourth-order valence-corrected chi connectivity index (χ4v) is 4.16. The summed E-state index contributed by atoms with van der Waals surface area (Å²) in [6.07, 6.45) is 7.83. The normalized spacial score (nSPS) is 24.9. The predicted molar refractivity (Wildman–Crippen MR) is 77.6 cm³/mol. The molecule has 1 heterocycles. The lowest BCUT2D eigenvalue weighted by atomic mass is 9.75. The Balaban J connectivity index is 1.90. The molecule has 1 aliphatic heterocycles. The van der Waals surface area contributed by atoms with Crippen LogP contribution >= 0.6 is 0 Å². The second-order valence-corrected chi connectivity index (χ2v) is 6.58. The lowest BCUT2D eigenvalue weighted by molar-refractivity contribution is -0.745. The van der Waals surface area contributed by atoms with Crippen LogP contribution in [0.4, 0.5) is 5.69 Å². The standard InChI is InChI=1S/C16H22N2O2/c1-12-10-16(7-3-2-4-8-16)17-11-13-9-14(18(19)20)5-6-15(12)13/h5-6,9,12,17H,2-4,7-8,10-11H2,1H3/p+1/t12-/m0/s1. The Kier molecular flexibility index (Phi) is 3.50. The van der Waals surface area contributed by atoms with Crippen molar-refractivity contribution in [2.24, 2.45) is 0 Å². The summed E-state index contributed by atoms with van der Waals surface area (Å²) in [6, 6.07) is 5.42. The first kappa shape index (κ1) is 13.6. The van der Waals surface area contributed by atoms with Gasteiger partial charge in [-0.1, -0.05) is 19.4 Å². The number of hydrogen-bond acceptors (Lipinski definition) is 2. The van der Waals surface area contributed by atoms with Gasteiger partial charge in [0.2, 0.25) is 0 Å². The Morgan fingerprint density at radius 1 is 1.30 bits per heavy atom. The highest BCUT2D eigenvalue weighted by atomic mass is 16.6. The van der Waals surface area contributed by atoms with Crippen LogP contribution in [0.1, 0.15) is 62.5 Å². The van der Waals surface area contributed by atoms with E-state index in [4.69, 9.17) is 0 Å². The number of nitrogens with two attached hydrogens (primary N) is 1. The van der Waals surface area contributed by atoms with Gasteiger partial charge in [0, 0.05) is 37.0 Å². The molecule has 20 heavy (non-hydrogen) atoms. The van der Waals surface area contributed by atoms with E-state index in [1.807, 2.05) is 6.07 Å². The molecule has 0 amide bonds. The van der Waals surface area contributed by atoms with Gasteiger partial charge in [0.05, 0.1) is 10.5 Å². The van der Waals surface area contributed by atoms with Crippen molar-refractivity contribution in [3.63, 3.8) is 0 Å². The van der Waals surface area contributed by atoms with Crippen LogP contribution in [0, 0.1) is 10.1 Å². The summed E-state index contributed by atoms with van der Waals surface area (Å²) >= 11 is 0. The Hall–Kier alpha value is -1.42. The number of rotatable bonds is 1. The summed E-state index contributed by atoms with van der Waals surface area (Å²) in [4.78, 5) is 10.7. The molecule has 2 aliphatic rings. The lowest BCUT2D eigenvalue weighted by Crippen LogP contribution is -2.95. The highest BCUT2D eigenvalue weighted by molar-refractivity contribution is 5.41. The largest absolute Gasteiger partial charge is 0.338 e. The van der Waals surface area contributed by atoms with E-state index in [0.717, 1.165) is 12.1 Å². The minimum Gasteiger partial charge on any atom is -0.338 e. The van der Waals surface area contributed by atoms with Gasteiger partial charge in [-0.05, 0) is 24.3 Å². The number of non-ortho nitro benzene ring substituents is 1. The van der Waals surface area contributed by atoms with E-state index >= 15 is 0 Å². The zero-order valence-electron chi connectivity index (χ0n) is 12.1. The van der Waals surface area contributed by atoms with Crippen LogP contribution in [0.5, 0.6) is 0 Å². The third-order valence-electron chi connectivity index (χ3n) is 5.19. The first-order chi connectivity index (χ1) is 9.60. The SMILES string of the molecule is C[C@H]1CC2(CCCCC2)[NH2+]Cc2cc([N+](=O)[O-])ccc21. The fraction of sp³-hybridized carbons (Fsp3) is 0.625. The van der Waals surface area contributed by atoms with Crippen molar-refractivity contribution in [2.75, 3.05) is 0 Å². The molecule has 3 rings (SSSR count). The third kappa shape index (κ3) is 2.44. The van der Waals surface area contributed by atoms with Crippen molar-refractivity contribution in [3.05, 3.63) is 39.4 Å². The predicted octanol–water partition coefficient (Wildman–Crippen LogP) is 2.87. The minimum atomic E-state index is -0.286. The minimum absolute atomic E-state index is 0.226. The zero-order chi connectivity index (χ0) is 14.2. The number of benzene rings is 1. The quantitative estimate of drug-likeness (QED) is 0.633. The molecule has 2 N–H and O–H groups in total. The number of hydrogen-bond donors (Lipinski definition) is 1. The van der Waals surface area contributed by atoms with Gasteiger partial charge in [0.25, 0.3) is 5.69 Å². The van der Waals surface area contributed by atoms with E-state index < -0.39 is 0 Å². The van der Waals surface area contributed by atoms with Crippen molar-refractivity contribution < 1.29 is 10.2 Å². The van der Waals surface area contributed by atoms with Gasteiger partial charge in [-0.3, -0.25) is 10.1 Å². The van der Waals surface area contributed by atoms with Crippen LogP contribution in [-0.4, -0.2) is 10.5 Å². The smallest absolute Gasteiger partial charge is 0.269 e. The molecule has 4 heteroatoms. The molecule has 108 valence electrons. The molecule has 1 atom stereocenters. The molecule has 0 saturated heterocycles. The summed E-state index contributed by atoms with van der Waals surface area (Å²) in [6.45, 7) is 3.17. The maximum Gasteiger partial charge on any atom is 0.269 e. The van der Waals surface area contributed by atoms with E-state index in [9.17, 15) is 10.1 Å². The number of fused-ring (bicyclic) bond motifs is 1. The molecule has 0 aromatic heterocycles. The molecular weight excluding hydrogens is 252 g/mol. The molecule has 1 saturated carbocycles. The van der Waals surface area contributed by atoms with E-state index in [-0.39, 0.29) is 10.6 Å². The molecule has 1 aromatic carbocycles. The van der Waals surface area contributed by atoms with Gasteiger partial charge in [-0.2, -0.15) is 0 Å². The monoisotopic (exact) mass is 275 g/mol. The molecule has 1 fully saturated rings. The Labute approximate surface area is 119 Å². The lowest BCUT2D eigenvalue weighted by Gasteiger charge is -2.35. The van der Waals surface area contributed by atoms with Crippen molar-refractivity contribution in [1.82, 2.24) is 0 Å². The van der Waals surface area contributed by atoms with Crippen LogP contribution in [-0.2, 0) is 6.54 Å². The summed E-state index contributed by atoms with van der Waals surface area (Å²) in [5, 5.41) is 13.4. The van der Waals surface area contributed by atoms with Crippen molar-refractivity contribution >= 4 is 5.69 Å². The van der Waals surface area contributed by atoms with Crippen LogP contribution in [0.25, 0.3) is 0 Å². The first-order valence-corrected chi connectivity index (χ1v) is 7.71. The van der Waals surface area contributed by atoms with Crippen molar-refractivity contribution in [3.8, 4) is 0 Å². The van der Waals surface area contributed by atoms with Gasteiger partial charge in [0.15, 0.2) is 0 Å². The van der Waals surface area contributed by atoms with E-state index in [0.29, 0.717) is 11.5 Å². The summed E-state index contributed by atoms with van der Waals surface area (Å²) in [7, 11) is 0. The van der Waals surface area contributed by atoms with Crippen LogP contribution < -0.4 is 5.32 Å². The highest BCUT2D eigenvalue weighted by Gasteiger charge is 2.39. The fourth-order valence-electron chi connectivity index (χ4n) is 4.16. The second kappa shape index (κ2) is 5.17. The molecule has 4 nitrogen and oxygen atoms in total. The topological polar surface area (TPSA) is 59.8 Å². The third-order valence-corrected chi connectivity index (χ3v) is 5.19. The maximum absolute atomic E-state index is 10.9. The summed E-state index contributed by atoms with van der Waals surface area (Å²) < 4.78 is 0. The van der Waals surface area contributed by atoms with Gasteiger partial charge in [-0.25, -0.2) is 0 Å². The van der Waals surface area contributed by atoms with Gasteiger partial charge in [0.1, 0.15) is 6.54 Å². The van der Waals surface area contributed by atoms with Gasteiger partial charge in [-0.15, -0.1) is 0 Å². The van der Waals surface area contributed by atoms with Crippen molar-refractivity contribution in [2.45, 2.75) is 63.5 Å². The number of nitro benzene ring substituents is 1. The molecular formula is C16H23N2O2+. The Bertz CT molecular complexity index is 521. The van der Waals surface area contributed by atoms with Gasteiger partial charge >= 0.3 is 0 Å². The van der Waals surface area contributed by atoms with Crippen LogP contribution in [0.3, 0.4) is 0 Å². The Morgan fingerprint density at radius 3 is 2.75 bits per heavy atom. The molecule has 1 aromatic rings. The summed E-state index contributed by atoms with van der Waals surface area (Å²) in [5.41, 5.74) is 3.08. The average molecular weight is 275 g/mol. The second-order valence-electron chi connectivity index (χ2n) is 6.58.